The molecular weight excluding hydrogens is 314 g/mol. The molecule has 0 heterocycles. The molecular formula is C21H21NO3. The van der Waals surface area contributed by atoms with E-state index >= 15 is 0 Å². The van der Waals surface area contributed by atoms with Gasteiger partial charge in [-0.05, 0) is 72.1 Å². The van der Waals surface area contributed by atoms with Crippen molar-refractivity contribution in [1.82, 2.24) is 0 Å². The highest BCUT2D eigenvalue weighted by atomic mass is 16.5. The molecule has 25 heavy (non-hydrogen) atoms. The number of anilines is 1. The molecule has 1 N–H and O–H groups in total. The molecule has 3 aromatic rings. The smallest absolute Gasteiger partial charge is 0.262 e. The zero-order valence-corrected chi connectivity index (χ0v) is 14.6. The average Bonchev–Trinajstić information content (AvgIpc) is 2.58. The number of fused-ring (bicyclic) bond motifs is 1. The summed E-state index contributed by atoms with van der Waals surface area (Å²) in [6.07, 6.45) is 0. The highest BCUT2D eigenvalue weighted by Gasteiger charge is 2.06. The van der Waals surface area contributed by atoms with E-state index in [0.29, 0.717) is 5.75 Å². The van der Waals surface area contributed by atoms with E-state index in [1.807, 2.05) is 62.4 Å². The largest absolute Gasteiger partial charge is 0.497 e. The number of carbonyl (C=O) groups is 1. The summed E-state index contributed by atoms with van der Waals surface area (Å²) in [5, 5.41) is 4.96. The maximum atomic E-state index is 12.1. The Labute approximate surface area is 147 Å². The van der Waals surface area contributed by atoms with Crippen LogP contribution in [-0.2, 0) is 4.79 Å². The van der Waals surface area contributed by atoms with Crippen LogP contribution in [0.15, 0.2) is 54.6 Å². The summed E-state index contributed by atoms with van der Waals surface area (Å²) in [6, 6.07) is 17.5. The third-order valence-electron chi connectivity index (χ3n) is 3.89. The maximum absolute atomic E-state index is 12.1. The molecule has 1 amide bonds. The maximum Gasteiger partial charge on any atom is 0.262 e. The Kier molecular flexibility index (Phi) is 4.89. The van der Waals surface area contributed by atoms with Gasteiger partial charge in [0.15, 0.2) is 6.61 Å². The number of hydrogen-bond donors (Lipinski definition) is 1. The molecule has 3 rings (SSSR count). The average molecular weight is 335 g/mol. The molecule has 0 bridgehead atoms. The third-order valence-corrected chi connectivity index (χ3v) is 3.89. The minimum absolute atomic E-state index is 0.0392. The lowest BCUT2D eigenvalue weighted by Gasteiger charge is -2.10. The second-order valence-corrected chi connectivity index (χ2v) is 6.09. The fourth-order valence-electron chi connectivity index (χ4n) is 2.81. The molecule has 0 saturated carbocycles. The van der Waals surface area contributed by atoms with Crippen LogP contribution in [-0.4, -0.2) is 19.6 Å². The van der Waals surface area contributed by atoms with Gasteiger partial charge >= 0.3 is 0 Å². The molecule has 3 aromatic carbocycles. The van der Waals surface area contributed by atoms with Crippen LogP contribution in [0.1, 0.15) is 11.1 Å². The van der Waals surface area contributed by atoms with Crippen molar-refractivity contribution in [2.75, 3.05) is 19.0 Å². The summed E-state index contributed by atoms with van der Waals surface area (Å²) in [7, 11) is 1.64. The van der Waals surface area contributed by atoms with Gasteiger partial charge in [0, 0.05) is 5.69 Å². The first-order valence-electron chi connectivity index (χ1n) is 8.12. The van der Waals surface area contributed by atoms with E-state index in [-0.39, 0.29) is 12.5 Å². The summed E-state index contributed by atoms with van der Waals surface area (Å²) < 4.78 is 10.9. The first kappa shape index (κ1) is 16.8. The predicted molar refractivity (Wildman–Crippen MR) is 101 cm³/mol. The van der Waals surface area contributed by atoms with E-state index in [9.17, 15) is 4.79 Å². The van der Waals surface area contributed by atoms with Crippen LogP contribution < -0.4 is 14.8 Å². The highest BCUT2D eigenvalue weighted by molar-refractivity contribution is 5.92. The minimum atomic E-state index is -0.185. The van der Waals surface area contributed by atoms with Crippen LogP contribution in [0.25, 0.3) is 10.8 Å². The Balaban J connectivity index is 1.66. The topological polar surface area (TPSA) is 47.6 Å². The standard InChI is InChI=1S/C21H21NO3/c1-14-8-15(2)10-18(9-14)22-21(23)13-25-20-7-5-16-4-6-19(24-3)11-17(16)12-20/h4-12H,13H2,1-3H3,(H,22,23). The van der Waals surface area contributed by atoms with Crippen molar-refractivity contribution in [3.63, 3.8) is 0 Å². The number of aryl methyl sites for hydroxylation is 2. The summed E-state index contributed by atoms with van der Waals surface area (Å²) in [6.45, 7) is 3.97. The zero-order valence-electron chi connectivity index (χ0n) is 14.6. The molecule has 4 heteroatoms. The van der Waals surface area contributed by atoms with Gasteiger partial charge < -0.3 is 14.8 Å². The number of amides is 1. The molecule has 0 aromatic heterocycles. The van der Waals surface area contributed by atoms with Gasteiger partial charge in [0.1, 0.15) is 11.5 Å². The van der Waals surface area contributed by atoms with Crippen LogP contribution in [0.2, 0.25) is 0 Å². The second kappa shape index (κ2) is 7.26. The molecule has 0 radical (unpaired) electrons. The van der Waals surface area contributed by atoms with Crippen molar-refractivity contribution >= 4 is 22.4 Å². The molecule has 0 atom stereocenters. The van der Waals surface area contributed by atoms with Crippen LogP contribution in [0, 0.1) is 13.8 Å². The summed E-state index contributed by atoms with van der Waals surface area (Å²) in [4.78, 5) is 12.1. The minimum Gasteiger partial charge on any atom is -0.497 e. The number of nitrogens with one attached hydrogen (secondary N) is 1. The molecule has 0 unspecified atom stereocenters. The van der Waals surface area contributed by atoms with Crippen LogP contribution >= 0.6 is 0 Å². The Bertz CT molecular complexity index is 898. The van der Waals surface area contributed by atoms with Crippen molar-refractivity contribution in [1.29, 1.82) is 0 Å². The summed E-state index contributed by atoms with van der Waals surface area (Å²) in [5.74, 6) is 1.25. The molecule has 128 valence electrons. The molecule has 0 spiro atoms. The summed E-state index contributed by atoms with van der Waals surface area (Å²) >= 11 is 0. The predicted octanol–water partition coefficient (Wildman–Crippen LogP) is 4.48. The van der Waals surface area contributed by atoms with Gasteiger partial charge in [-0.2, -0.15) is 0 Å². The van der Waals surface area contributed by atoms with Crippen molar-refractivity contribution in [3.05, 3.63) is 65.7 Å². The van der Waals surface area contributed by atoms with E-state index in [4.69, 9.17) is 9.47 Å². The second-order valence-electron chi connectivity index (χ2n) is 6.09. The number of ether oxygens (including phenoxy) is 2. The van der Waals surface area contributed by atoms with Gasteiger partial charge in [-0.1, -0.05) is 18.2 Å². The monoisotopic (exact) mass is 335 g/mol. The SMILES string of the molecule is COc1ccc2ccc(OCC(=O)Nc3cc(C)cc(C)c3)cc2c1. The van der Waals surface area contributed by atoms with Gasteiger partial charge in [0.05, 0.1) is 7.11 Å². The first-order chi connectivity index (χ1) is 12.0. The third kappa shape index (κ3) is 4.29. The number of carbonyl (C=O) groups excluding carboxylic acids is 1. The number of benzene rings is 3. The number of hydrogen-bond acceptors (Lipinski definition) is 3. The summed E-state index contributed by atoms with van der Waals surface area (Å²) in [5.41, 5.74) is 3.01. The van der Waals surface area contributed by atoms with E-state index in [1.165, 1.54) is 0 Å². The quantitative estimate of drug-likeness (QED) is 0.748. The zero-order chi connectivity index (χ0) is 17.8. The number of methoxy groups -OCH3 is 1. The van der Waals surface area contributed by atoms with E-state index in [1.54, 1.807) is 7.11 Å². The molecule has 0 aliphatic rings. The Morgan fingerprint density at radius 3 is 2.20 bits per heavy atom. The van der Waals surface area contributed by atoms with E-state index < -0.39 is 0 Å². The van der Waals surface area contributed by atoms with E-state index in [2.05, 4.69) is 11.4 Å². The Morgan fingerprint density at radius 1 is 0.880 bits per heavy atom. The molecule has 4 nitrogen and oxygen atoms in total. The van der Waals surface area contributed by atoms with Crippen molar-refractivity contribution in [2.24, 2.45) is 0 Å². The molecule has 0 aliphatic carbocycles. The van der Waals surface area contributed by atoms with Gasteiger partial charge in [0.2, 0.25) is 0 Å². The number of rotatable bonds is 5. The van der Waals surface area contributed by atoms with Gasteiger partial charge in [-0.15, -0.1) is 0 Å². The Morgan fingerprint density at radius 2 is 1.52 bits per heavy atom. The lowest BCUT2D eigenvalue weighted by Crippen LogP contribution is -2.20. The van der Waals surface area contributed by atoms with Crippen LogP contribution in [0.4, 0.5) is 5.69 Å². The van der Waals surface area contributed by atoms with Crippen molar-refractivity contribution in [2.45, 2.75) is 13.8 Å². The van der Waals surface area contributed by atoms with Gasteiger partial charge in [-0.3, -0.25) is 4.79 Å². The fourth-order valence-corrected chi connectivity index (χ4v) is 2.81. The molecule has 0 aliphatic heterocycles. The highest BCUT2D eigenvalue weighted by Crippen LogP contribution is 2.25. The lowest BCUT2D eigenvalue weighted by molar-refractivity contribution is -0.118. The molecule has 0 saturated heterocycles. The van der Waals surface area contributed by atoms with Gasteiger partial charge in [-0.25, -0.2) is 0 Å². The van der Waals surface area contributed by atoms with Crippen molar-refractivity contribution < 1.29 is 14.3 Å². The van der Waals surface area contributed by atoms with Gasteiger partial charge in [0.25, 0.3) is 5.91 Å². The van der Waals surface area contributed by atoms with Crippen LogP contribution in [0.3, 0.4) is 0 Å². The van der Waals surface area contributed by atoms with E-state index in [0.717, 1.165) is 33.3 Å². The Hall–Kier alpha value is -3.01. The lowest BCUT2D eigenvalue weighted by atomic mass is 10.1. The van der Waals surface area contributed by atoms with Crippen LogP contribution in [0.5, 0.6) is 11.5 Å². The van der Waals surface area contributed by atoms with Crippen molar-refractivity contribution in [3.8, 4) is 11.5 Å². The molecule has 0 fully saturated rings. The first-order valence-corrected chi connectivity index (χ1v) is 8.12. The fraction of sp³-hybridized carbons (Fsp3) is 0.190. The normalized spacial score (nSPS) is 10.5.